The third-order valence-corrected chi connectivity index (χ3v) is 4.82. The van der Waals surface area contributed by atoms with Crippen molar-refractivity contribution in [3.05, 3.63) is 64.2 Å². The Morgan fingerprint density at radius 2 is 1.80 bits per heavy atom. The lowest BCUT2D eigenvalue weighted by Crippen LogP contribution is -2.47. The van der Waals surface area contributed by atoms with Gasteiger partial charge in [-0.2, -0.15) is 4.91 Å². The lowest BCUT2D eigenvalue weighted by molar-refractivity contribution is 0.248. The summed E-state index contributed by atoms with van der Waals surface area (Å²) in [4.78, 5) is 20.5. The summed E-state index contributed by atoms with van der Waals surface area (Å²) >= 11 is 0. The number of hydrogen-bond donors (Lipinski definition) is 0. The minimum Gasteiger partial charge on any atom is -0.354 e. The fourth-order valence-electron chi connectivity index (χ4n) is 3.53. The number of aryl methyl sites for hydroxylation is 2. The molecule has 0 saturated carbocycles. The highest BCUT2D eigenvalue weighted by atomic mass is 16.3. The van der Waals surface area contributed by atoms with Crippen LogP contribution in [-0.4, -0.2) is 42.6 Å². The smallest absolute Gasteiger partial charge is 0.128 e. The van der Waals surface area contributed by atoms with E-state index in [1.807, 2.05) is 18.3 Å². The predicted molar refractivity (Wildman–Crippen MR) is 102 cm³/mol. The van der Waals surface area contributed by atoms with Crippen molar-refractivity contribution in [2.24, 2.45) is 5.18 Å². The molecule has 1 aromatic heterocycles. The Balaban J connectivity index is 1.52. The van der Waals surface area contributed by atoms with Crippen LogP contribution in [0.1, 0.15) is 29.2 Å². The Morgan fingerprint density at radius 1 is 1.08 bits per heavy atom. The maximum Gasteiger partial charge on any atom is 0.128 e. The molecule has 1 saturated heterocycles. The molecular weight excluding hydrogens is 312 g/mol. The molecule has 0 radical (unpaired) electrons. The van der Waals surface area contributed by atoms with Crippen molar-refractivity contribution < 1.29 is 0 Å². The number of aromatic nitrogens is 1. The molecule has 0 N–H and O–H groups in total. The van der Waals surface area contributed by atoms with Gasteiger partial charge in [0.15, 0.2) is 0 Å². The number of pyridine rings is 1. The Kier molecular flexibility index (Phi) is 5.76. The highest BCUT2D eigenvalue weighted by molar-refractivity contribution is 5.38. The van der Waals surface area contributed by atoms with Gasteiger partial charge in [-0.05, 0) is 38.0 Å². The summed E-state index contributed by atoms with van der Waals surface area (Å²) in [7, 11) is 0. The van der Waals surface area contributed by atoms with Gasteiger partial charge in [0.2, 0.25) is 0 Å². The molecule has 0 aliphatic carbocycles. The molecule has 0 spiro atoms. The van der Waals surface area contributed by atoms with Gasteiger partial charge < -0.3 is 4.90 Å². The Hall–Kier alpha value is -2.27. The number of benzene rings is 1. The molecule has 1 unspecified atom stereocenters. The van der Waals surface area contributed by atoms with E-state index >= 15 is 0 Å². The lowest BCUT2D eigenvalue weighted by atomic mass is 9.99. The quantitative estimate of drug-likeness (QED) is 0.753. The molecule has 0 amide bonds. The molecule has 25 heavy (non-hydrogen) atoms. The van der Waals surface area contributed by atoms with E-state index in [0.717, 1.165) is 50.5 Å². The molecule has 0 bridgehead atoms. The van der Waals surface area contributed by atoms with E-state index in [2.05, 4.69) is 58.1 Å². The van der Waals surface area contributed by atoms with E-state index in [9.17, 15) is 4.91 Å². The predicted octanol–water partition coefficient (Wildman–Crippen LogP) is 3.72. The second-order valence-electron chi connectivity index (χ2n) is 6.85. The third kappa shape index (κ3) is 4.63. The number of rotatable bonds is 6. The molecule has 2 heterocycles. The van der Waals surface area contributed by atoms with E-state index in [4.69, 9.17) is 0 Å². The van der Waals surface area contributed by atoms with Crippen molar-refractivity contribution >= 4 is 5.82 Å². The van der Waals surface area contributed by atoms with Crippen molar-refractivity contribution in [2.45, 2.75) is 26.3 Å². The van der Waals surface area contributed by atoms with Crippen LogP contribution in [0.15, 0.2) is 47.8 Å². The maximum absolute atomic E-state index is 11.4. The summed E-state index contributed by atoms with van der Waals surface area (Å²) in [6.07, 6.45) is 2.61. The summed E-state index contributed by atoms with van der Waals surface area (Å²) in [6, 6.07) is 12.1. The highest BCUT2D eigenvalue weighted by Gasteiger charge is 2.20. The third-order valence-electron chi connectivity index (χ3n) is 4.82. The normalized spacial score (nSPS) is 16.6. The molecule has 5 heteroatoms. The monoisotopic (exact) mass is 338 g/mol. The van der Waals surface area contributed by atoms with Gasteiger partial charge in [0.05, 0.1) is 0 Å². The Bertz CT molecular complexity index is 676. The number of hydrogen-bond acceptors (Lipinski definition) is 5. The van der Waals surface area contributed by atoms with Gasteiger partial charge >= 0.3 is 0 Å². The molecule has 1 fully saturated rings. The van der Waals surface area contributed by atoms with Crippen molar-refractivity contribution in [3.8, 4) is 0 Å². The first-order valence-electron chi connectivity index (χ1n) is 8.94. The van der Waals surface area contributed by atoms with Crippen molar-refractivity contribution in [3.63, 3.8) is 0 Å². The van der Waals surface area contributed by atoms with Crippen LogP contribution in [0.25, 0.3) is 0 Å². The van der Waals surface area contributed by atoms with Crippen LogP contribution in [0, 0.1) is 18.8 Å². The van der Waals surface area contributed by atoms with Gasteiger partial charge in [-0.25, -0.2) is 4.98 Å². The number of piperazine rings is 1. The van der Waals surface area contributed by atoms with Crippen LogP contribution >= 0.6 is 0 Å². The minimum atomic E-state index is -0.257. The van der Waals surface area contributed by atoms with Crippen molar-refractivity contribution in [1.29, 1.82) is 0 Å². The zero-order chi connectivity index (χ0) is 17.6. The molecular formula is C20H26N4O. The fraction of sp³-hybridized carbons (Fsp3) is 0.450. The maximum atomic E-state index is 11.4. The zero-order valence-electron chi connectivity index (χ0n) is 15.1. The zero-order valence-corrected chi connectivity index (χ0v) is 15.1. The number of anilines is 1. The van der Waals surface area contributed by atoms with Crippen LogP contribution in [0.3, 0.4) is 0 Å². The summed E-state index contributed by atoms with van der Waals surface area (Å²) in [5, 5.41) is 3.39. The van der Waals surface area contributed by atoms with Crippen LogP contribution in [0.2, 0.25) is 0 Å². The largest absolute Gasteiger partial charge is 0.354 e. The molecule has 3 rings (SSSR count). The minimum absolute atomic E-state index is 0.257. The summed E-state index contributed by atoms with van der Waals surface area (Å²) in [6.45, 7) is 8.97. The average Bonchev–Trinajstić information content (AvgIpc) is 2.63. The molecule has 1 aromatic carbocycles. The van der Waals surface area contributed by atoms with Gasteiger partial charge in [-0.3, -0.25) is 4.90 Å². The molecule has 1 atom stereocenters. The van der Waals surface area contributed by atoms with Crippen molar-refractivity contribution in [2.75, 3.05) is 37.6 Å². The van der Waals surface area contributed by atoms with Gasteiger partial charge in [0.25, 0.3) is 0 Å². The second-order valence-corrected chi connectivity index (χ2v) is 6.85. The highest BCUT2D eigenvalue weighted by Crippen LogP contribution is 2.24. The number of nitroso groups, excluding NO2 is 1. The van der Waals surface area contributed by atoms with Crippen LogP contribution in [0.5, 0.6) is 0 Å². The lowest BCUT2D eigenvalue weighted by Gasteiger charge is -2.35. The molecule has 132 valence electrons. The number of nitrogens with zero attached hydrogens (tertiary/aromatic N) is 4. The van der Waals surface area contributed by atoms with Crippen LogP contribution in [0.4, 0.5) is 5.82 Å². The Morgan fingerprint density at radius 3 is 2.40 bits per heavy atom. The summed E-state index contributed by atoms with van der Waals surface area (Å²) < 4.78 is 0. The summed E-state index contributed by atoms with van der Waals surface area (Å²) in [5.74, 6) is 1.05. The van der Waals surface area contributed by atoms with E-state index in [0.29, 0.717) is 0 Å². The second kappa shape index (κ2) is 8.21. The van der Waals surface area contributed by atoms with Gasteiger partial charge in [0, 0.05) is 38.9 Å². The van der Waals surface area contributed by atoms with Crippen LogP contribution in [-0.2, 0) is 0 Å². The molecule has 1 aliphatic heterocycles. The average molecular weight is 338 g/mol. The first-order chi connectivity index (χ1) is 12.2. The van der Waals surface area contributed by atoms with Gasteiger partial charge in [-0.1, -0.05) is 40.6 Å². The van der Waals surface area contributed by atoms with E-state index < -0.39 is 0 Å². The SMILES string of the molecule is Cc1cc(C)cc(C(CCN2CCN(c3ccccn3)CC2)N=O)c1. The van der Waals surface area contributed by atoms with E-state index in [-0.39, 0.29) is 6.04 Å². The first-order valence-corrected chi connectivity index (χ1v) is 8.94. The van der Waals surface area contributed by atoms with Gasteiger partial charge in [0.1, 0.15) is 11.9 Å². The Labute approximate surface area is 149 Å². The van der Waals surface area contributed by atoms with Crippen LogP contribution < -0.4 is 4.90 Å². The molecule has 5 nitrogen and oxygen atoms in total. The van der Waals surface area contributed by atoms with E-state index in [1.165, 1.54) is 11.1 Å². The fourth-order valence-corrected chi connectivity index (χ4v) is 3.53. The first kappa shape index (κ1) is 17.5. The van der Waals surface area contributed by atoms with Gasteiger partial charge in [-0.15, -0.1) is 0 Å². The van der Waals surface area contributed by atoms with Crippen molar-refractivity contribution in [1.82, 2.24) is 9.88 Å². The molecule has 2 aromatic rings. The molecule has 1 aliphatic rings. The topological polar surface area (TPSA) is 48.8 Å². The summed E-state index contributed by atoms with van der Waals surface area (Å²) in [5.41, 5.74) is 3.42. The standard InChI is InChI=1S/C20H26N4O/c1-16-13-17(2)15-18(14-16)19(22-25)6-8-23-9-11-24(12-10-23)20-5-3-4-7-21-20/h3-5,7,13-15,19H,6,8-12H2,1-2H3. The van der Waals surface area contributed by atoms with E-state index in [1.54, 1.807) is 0 Å².